The van der Waals surface area contributed by atoms with Crippen LogP contribution in [-0.2, 0) is 19.6 Å². The van der Waals surface area contributed by atoms with E-state index in [0.717, 1.165) is 26.2 Å². The zero-order valence-corrected chi connectivity index (χ0v) is 13.5. The van der Waals surface area contributed by atoms with Crippen LogP contribution in [0.5, 0.6) is 0 Å². The Morgan fingerprint density at radius 3 is 2.60 bits per heavy atom. The number of rotatable bonds is 7. The maximum atomic E-state index is 3.40. The van der Waals surface area contributed by atoms with E-state index in [2.05, 4.69) is 67.5 Å². The summed E-state index contributed by atoms with van der Waals surface area (Å²) < 4.78 is 0. The van der Waals surface area contributed by atoms with Crippen molar-refractivity contribution in [3.63, 3.8) is 0 Å². The van der Waals surface area contributed by atoms with Crippen molar-refractivity contribution in [3.05, 3.63) is 57.3 Å². The van der Waals surface area contributed by atoms with Gasteiger partial charge in [-0.1, -0.05) is 37.3 Å². The molecule has 3 heteroatoms. The van der Waals surface area contributed by atoms with Crippen molar-refractivity contribution in [2.45, 2.75) is 33.5 Å². The molecule has 0 aliphatic rings. The van der Waals surface area contributed by atoms with Gasteiger partial charge in [0.25, 0.3) is 0 Å². The van der Waals surface area contributed by atoms with Crippen molar-refractivity contribution in [3.8, 4) is 0 Å². The third-order valence-corrected chi connectivity index (χ3v) is 4.45. The van der Waals surface area contributed by atoms with Gasteiger partial charge < -0.3 is 5.32 Å². The van der Waals surface area contributed by atoms with E-state index in [-0.39, 0.29) is 0 Å². The molecule has 1 N–H and O–H groups in total. The van der Waals surface area contributed by atoms with Crippen LogP contribution in [-0.4, -0.2) is 18.5 Å². The molecular formula is C17H24N2S. The first-order chi connectivity index (χ1) is 9.69. The third-order valence-electron chi connectivity index (χ3n) is 3.36. The number of thiophene rings is 1. The topological polar surface area (TPSA) is 15.3 Å². The van der Waals surface area contributed by atoms with Crippen molar-refractivity contribution in [2.24, 2.45) is 0 Å². The molecule has 0 bridgehead atoms. The van der Waals surface area contributed by atoms with Crippen molar-refractivity contribution < 1.29 is 0 Å². The van der Waals surface area contributed by atoms with E-state index < -0.39 is 0 Å². The molecule has 0 saturated heterocycles. The quantitative estimate of drug-likeness (QED) is 0.833. The zero-order chi connectivity index (χ0) is 14.4. The molecule has 0 fully saturated rings. The Morgan fingerprint density at radius 2 is 1.90 bits per heavy atom. The molecule has 0 aliphatic heterocycles. The average molecular weight is 288 g/mol. The SMILES string of the molecule is CCNCc1cc(CN(C)Cc2ccccc2)c(C)s1. The van der Waals surface area contributed by atoms with Gasteiger partial charge in [0.2, 0.25) is 0 Å². The lowest BCUT2D eigenvalue weighted by atomic mass is 10.2. The zero-order valence-electron chi connectivity index (χ0n) is 12.6. The Balaban J connectivity index is 1.93. The van der Waals surface area contributed by atoms with Gasteiger partial charge >= 0.3 is 0 Å². The van der Waals surface area contributed by atoms with Gasteiger partial charge in [0, 0.05) is 29.4 Å². The molecule has 0 amide bonds. The Morgan fingerprint density at radius 1 is 1.15 bits per heavy atom. The molecule has 0 aliphatic carbocycles. The van der Waals surface area contributed by atoms with Crippen LogP contribution < -0.4 is 5.32 Å². The molecule has 2 aromatic rings. The van der Waals surface area contributed by atoms with E-state index in [0.29, 0.717) is 0 Å². The summed E-state index contributed by atoms with van der Waals surface area (Å²) in [6, 6.07) is 13.0. The number of hydrogen-bond donors (Lipinski definition) is 1. The maximum absolute atomic E-state index is 3.40. The number of benzene rings is 1. The smallest absolute Gasteiger partial charge is 0.0299 e. The molecule has 1 heterocycles. The third kappa shape index (κ3) is 4.44. The van der Waals surface area contributed by atoms with Crippen LogP contribution in [0, 0.1) is 6.92 Å². The highest BCUT2D eigenvalue weighted by Crippen LogP contribution is 2.23. The Kier molecular flexibility index (Phi) is 5.77. The molecule has 0 radical (unpaired) electrons. The molecule has 1 aromatic carbocycles. The van der Waals surface area contributed by atoms with Crippen molar-refractivity contribution in [2.75, 3.05) is 13.6 Å². The van der Waals surface area contributed by atoms with Crippen LogP contribution in [0.3, 0.4) is 0 Å². The highest BCUT2D eigenvalue weighted by molar-refractivity contribution is 7.12. The van der Waals surface area contributed by atoms with E-state index in [1.807, 2.05) is 11.3 Å². The van der Waals surface area contributed by atoms with Gasteiger partial charge in [-0.05, 0) is 37.7 Å². The van der Waals surface area contributed by atoms with Gasteiger partial charge in [0.05, 0.1) is 0 Å². The second-order valence-electron chi connectivity index (χ2n) is 5.23. The summed E-state index contributed by atoms with van der Waals surface area (Å²) in [4.78, 5) is 5.26. The molecule has 20 heavy (non-hydrogen) atoms. The minimum absolute atomic E-state index is 0.990. The van der Waals surface area contributed by atoms with E-state index in [1.165, 1.54) is 20.9 Å². The summed E-state index contributed by atoms with van der Waals surface area (Å²) in [7, 11) is 2.19. The Hall–Kier alpha value is -1.16. The average Bonchev–Trinajstić information content (AvgIpc) is 2.78. The summed E-state index contributed by atoms with van der Waals surface area (Å²) >= 11 is 1.91. The molecule has 2 nitrogen and oxygen atoms in total. The predicted molar refractivity (Wildman–Crippen MR) is 88.0 cm³/mol. The fourth-order valence-corrected chi connectivity index (χ4v) is 3.34. The first kappa shape index (κ1) is 15.2. The molecule has 0 saturated carbocycles. The lowest BCUT2D eigenvalue weighted by Crippen LogP contribution is -2.17. The minimum Gasteiger partial charge on any atom is -0.312 e. The monoisotopic (exact) mass is 288 g/mol. The molecule has 108 valence electrons. The summed E-state index contributed by atoms with van der Waals surface area (Å²) in [5.74, 6) is 0. The number of nitrogens with one attached hydrogen (secondary N) is 1. The van der Waals surface area contributed by atoms with Gasteiger partial charge in [-0.25, -0.2) is 0 Å². The van der Waals surface area contributed by atoms with Crippen LogP contribution in [0.1, 0.15) is 27.8 Å². The minimum atomic E-state index is 0.990. The van der Waals surface area contributed by atoms with E-state index in [4.69, 9.17) is 0 Å². The normalized spacial score (nSPS) is 11.2. The lowest BCUT2D eigenvalue weighted by molar-refractivity contribution is 0.319. The number of hydrogen-bond acceptors (Lipinski definition) is 3. The molecule has 0 spiro atoms. The van der Waals surface area contributed by atoms with Gasteiger partial charge in [-0.2, -0.15) is 0 Å². The highest BCUT2D eigenvalue weighted by Gasteiger charge is 2.08. The summed E-state index contributed by atoms with van der Waals surface area (Å²) in [5.41, 5.74) is 2.83. The van der Waals surface area contributed by atoms with Gasteiger partial charge in [0.1, 0.15) is 0 Å². The molecular weight excluding hydrogens is 264 g/mol. The van der Waals surface area contributed by atoms with Crippen LogP contribution >= 0.6 is 11.3 Å². The Labute approximate surface area is 126 Å². The van der Waals surface area contributed by atoms with Crippen molar-refractivity contribution >= 4 is 11.3 Å². The summed E-state index contributed by atoms with van der Waals surface area (Å²) in [6.07, 6.45) is 0. The fourth-order valence-electron chi connectivity index (χ4n) is 2.32. The Bertz CT molecular complexity index is 519. The van der Waals surface area contributed by atoms with Crippen molar-refractivity contribution in [1.82, 2.24) is 10.2 Å². The second-order valence-corrected chi connectivity index (χ2v) is 6.57. The number of aryl methyl sites for hydroxylation is 1. The fraction of sp³-hybridized carbons (Fsp3) is 0.412. The van der Waals surface area contributed by atoms with Crippen LogP contribution in [0.2, 0.25) is 0 Å². The molecule has 1 aromatic heterocycles. The molecule has 0 atom stereocenters. The van der Waals surface area contributed by atoms with Gasteiger partial charge in [-0.3, -0.25) is 4.90 Å². The first-order valence-electron chi connectivity index (χ1n) is 7.20. The summed E-state index contributed by atoms with van der Waals surface area (Å²) in [6.45, 7) is 8.41. The van der Waals surface area contributed by atoms with Gasteiger partial charge in [0.15, 0.2) is 0 Å². The van der Waals surface area contributed by atoms with Crippen LogP contribution in [0.15, 0.2) is 36.4 Å². The van der Waals surface area contributed by atoms with E-state index in [1.54, 1.807) is 0 Å². The number of nitrogens with zero attached hydrogens (tertiary/aromatic N) is 1. The highest BCUT2D eigenvalue weighted by atomic mass is 32.1. The summed E-state index contributed by atoms with van der Waals surface area (Å²) in [5, 5.41) is 3.40. The predicted octanol–water partition coefficient (Wildman–Crippen LogP) is 3.80. The van der Waals surface area contributed by atoms with Crippen LogP contribution in [0.4, 0.5) is 0 Å². The largest absolute Gasteiger partial charge is 0.312 e. The van der Waals surface area contributed by atoms with E-state index >= 15 is 0 Å². The molecule has 2 rings (SSSR count). The second kappa shape index (κ2) is 7.58. The lowest BCUT2D eigenvalue weighted by Gasteiger charge is -2.16. The maximum Gasteiger partial charge on any atom is 0.0299 e. The van der Waals surface area contributed by atoms with Crippen molar-refractivity contribution in [1.29, 1.82) is 0 Å². The van der Waals surface area contributed by atoms with E-state index in [9.17, 15) is 0 Å². The standard InChI is InChI=1S/C17H24N2S/c1-4-18-11-17-10-16(14(2)20-17)13-19(3)12-15-8-6-5-7-9-15/h5-10,18H,4,11-13H2,1-3H3. The van der Waals surface area contributed by atoms with Gasteiger partial charge in [-0.15, -0.1) is 11.3 Å². The van der Waals surface area contributed by atoms with Crippen LogP contribution in [0.25, 0.3) is 0 Å². The molecule has 0 unspecified atom stereocenters. The first-order valence-corrected chi connectivity index (χ1v) is 8.02.